The highest BCUT2D eigenvalue weighted by Gasteiger charge is 2.26. The van der Waals surface area contributed by atoms with Crippen LogP contribution in [0.5, 0.6) is 0 Å². The van der Waals surface area contributed by atoms with Gasteiger partial charge in [0.25, 0.3) is 0 Å². The molecule has 2 nitrogen and oxygen atoms in total. The summed E-state index contributed by atoms with van der Waals surface area (Å²) in [7, 11) is 0. The molecule has 2 aromatic carbocycles. The maximum atomic E-state index is 6.63. The highest BCUT2D eigenvalue weighted by Crippen LogP contribution is 2.20. The van der Waals surface area contributed by atoms with E-state index in [-0.39, 0.29) is 0 Å². The van der Waals surface area contributed by atoms with E-state index in [0.717, 1.165) is 24.9 Å². The molecule has 0 spiro atoms. The predicted octanol–water partition coefficient (Wildman–Crippen LogP) is 3.04. The van der Waals surface area contributed by atoms with E-state index in [0.29, 0.717) is 0 Å². The van der Waals surface area contributed by atoms with Crippen LogP contribution in [0.3, 0.4) is 0 Å². The van der Waals surface area contributed by atoms with E-state index in [4.69, 9.17) is 5.73 Å². The number of hydrogen-bond acceptors (Lipinski definition) is 2. The first kappa shape index (κ1) is 13.8. The Morgan fingerprint density at radius 1 is 0.947 bits per heavy atom. The van der Waals surface area contributed by atoms with Crippen molar-refractivity contribution >= 4 is 0 Å². The summed E-state index contributed by atoms with van der Waals surface area (Å²) in [4.78, 5) is 0. The van der Waals surface area contributed by atoms with E-state index in [1.807, 2.05) is 24.3 Å². The summed E-state index contributed by atoms with van der Waals surface area (Å²) in [6, 6.07) is 20.7. The zero-order valence-corrected chi connectivity index (χ0v) is 11.5. The minimum absolute atomic E-state index is 0.501. The second kappa shape index (κ2) is 6.50. The van der Waals surface area contributed by atoms with Crippen molar-refractivity contribution in [1.82, 2.24) is 5.32 Å². The molecule has 0 aromatic heterocycles. The third-order valence-electron chi connectivity index (χ3n) is 3.31. The van der Waals surface area contributed by atoms with Crippen molar-refractivity contribution in [1.29, 1.82) is 0 Å². The molecule has 2 heteroatoms. The minimum atomic E-state index is -0.501. The van der Waals surface area contributed by atoms with Crippen molar-refractivity contribution < 1.29 is 0 Å². The summed E-state index contributed by atoms with van der Waals surface area (Å²) in [6.45, 7) is 3.07. The molecule has 3 N–H and O–H groups in total. The molecule has 0 heterocycles. The van der Waals surface area contributed by atoms with Gasteiger partial charge in [-0.25, -0.2) is 0 Å². The van der Waals surface area contributed by atoms with Gasteiger partial charge in [-0.3, -0.25) is 5.32 Å². The maximum Gasteiger partial charge on any atom is 0.0965 e. The highest BCUT2D eigenvalue weighted by molar-refractivity contribution is 5.27. The molecule has 0 saturated carbocycles. The van der Waals surface area contributed by atoms with Crippen LogP contribution in [0.15, 0.2) is 60.7 Å². The molecule has 0 saturated heterocycles. The summed E-state index contributed by atoms with van der Waals surface area (Å²) in [5.74, 6) is 0. The Kier molecular flexibility index (Phi) is 4.72. The fourth-order valence-corrected chi connectivity index (χ4v) is 2.27. The molecule has 1 unspecified atom stereocenters. The molecule has 0 amide bonds. The van der Waals surface area contributed by atoms with Gasteiger partial charge in [0.15, 0.2) is 0 Å². The van der Waals surface area contributed by atoms with Gasteiger partial charge in [0.2, 0.25) is 0 Å². The van der Waals surface area contributed by atoms with Crippen molar-refractivity contribution in [3.05, 3.63) is 71.8 Å². The van der Waals surface area contributed by atoms with Crippen molar-refractivity contribution in [2.45, 2.75) is 25.4 Å². The SMILES string of the molecule is CCCNC(N)(Cc1ccccc1)c1ccccc1. The van der Waals surface area contributed by atoms with Gasteiger partial charge in [-0.05, 0) is 24.1 Å². The Hall–Kier alpha value is -1.64. The first-order valence-corrected chi connectivity index (χ1v) is 6.88. The van der Waals surface area contributed by atoms with Crippen LogP contribution in [0.4, 0.5) is 0 Å². The number of rotatable bonds is 6. The van der Waals surface area contributed by atoms with Gasteiger partial charge in [-0.1, -0.05) is 67.6 Å². The quantitative estimate of drug-likeness (QED) is 0.778. The number of hydrogen-bond donors (Lipinski definition) is 2. The minimum Gasteiger partial charge on any atom is -0.309 e. The van der Waals surface area contributed by atoms with E-state index in [2.05, 4.69) is 48.6 Å². The van der Waals surface area contributed by atoms with Gasteiger partial charge < -0.3 is 5.73 Å². The molecule has 0 radical (unpaired) electrons. The molecule has 100 valence electrons. The smallest absolute Gasteiger partial charge is 0.0965 e. The summed E-state index contributed by atoms with van der Waals surface area (Å²) < 4.78 is 0. The molecule has 0 aliphatic rings. The lowest BCUT2D eigenvalue weighted by atomic mass is 9.92. The summed E-state index contributed by atoms with van der Waals surface area (Å²) in [5.41, 5.74) is 8.50. The third kappa shape index (κ3) is 3.66. The van der Waals surface area contributed by atoms with E-state index in [1.54, 1.807) is 0 Å². The van der Waals surface area contributed by atoms with Gasteiger partial charge in [0, 0.05) is 6.42 Å². The maximum absolute atomic E-state index is 6.63. The lowest BCUT2D eigenvalue weighted by molar-refractivity contribution is 0.342. The Bertz CT molecular complexity index is 481. The van der Waals surface area contributed by atoms with Crippen LogP contribution in [0.25, 0.3) is 0 Å². The van der Waals surface area contributed by atoms with E-state index >= 15 is 0 Å². The molecule has 1 atom stereocenters. The Morgan fingerprint density at radius 2 is 1.53 bits per heavy atom. The topological polar surface area (TPSA) is 38.0 Å². The van der Waals surface area contributed by atoms with E-state index in [1.165, 1.54) is 5.56 Å². The Morgan fingerprint density at radius 3 is 2.11 bits per heavy atom. The lowest BCUT2D eigenvalue weighted by Gasteiger charge is -2.31. The van der Waals surface area contributed by atoms with Crippen LogP contribution in [-0.2, 0) is 12.1 Å². The lowest BCUT2D eigenvalue weighted by Crippen LogP contribution is -2.52. The average molecular weight is 254 g/mol. The first-order chi connectivity index (χ1) is 9.24. The van der Waals surface area contributed by atoms with Gasteiger partial charge in [0.05, 0.1) is 5.66 Å². The zero-order chi connectivity index (χ0) is 13.6. The second-order valence-corrected chi connectivity index (χ2v) is 4.93. The van der Waals surface area contributed by atoms with Gasteiger partial charge in [-0.2, -0.15) is 0 Å². The second-order valence-electron chi connectivity index (χ2n) is 4.93. The monoisotopic (exact) mass is 254 g/mol. The fourth-order valence-electron chi connectivity index (χ4n) is 2.27. The molecule has 0 fully saturated rings. The number of nitrogens with two attached hydrogens (primary N) is 1. The normalized spacial score (nSPS) is 14.0. The van der Waals surface area contributed by atoms with Crippen LogP contribution in [0, 0.1) is 0 Å². The van der Waals surface area contributed by atoms with E-state index < -0.39 is 5.66 Å². The highest BCUT2D eigenvalue weighted by atomic mass is 15.1. The number of nitrogens with one attached hydrogen (secondary N) is 1. The molecule has 0 aliphatic carbocycles. The molecule has 0 aliphatic heterocycles. The molecule has 19 heavy (non-hydrogen) atoms. The van der Waals surface area contributed by atoms with Crippen LogP contribution >= 0.6 is 0 Å². The van der Waals surface area contributed by atoms with E-state index in [9.17, 15) is 0 Å². The van der Waals surface area contributed by atoms with Gasteiger partial charge in [-0.15, -0.1) is 0 Å². The molecule has 0 bridgehead atoms. The summed E-state index contributed by atoms with van der Waals surface area (Å²) >= 11 is 0. The standard InChI is InChI=1S/C17H22N2/c1-2-13-19-17(18,16-11-7-4-8-12-16)14-15-9-5-3-6-10-15/h3-12,19H,2,13-14,18H2,1H3. The summed E-state index contributed by atoms with van der Waals surface area (Å²) in [6.07, 6.45) is 1.86. The Balaban J connectivity index is 2.24. The predicted molar refractivity (Wildman–Crippen MR) is 80.7 cm³/mol. The van der Waals surface area contributed by atoms with Gasteiger partial charge in [0.1, 0.15) is 0 Å². The average Bonchev–Trinajstić information content (AvgIpc) is 2.47. The van der Waals surface area contributed by atoms with Crippen molar-refractivity contribution in [2.75, 3.05) is 6.54 Å². The van der Waals surface area contributed by atoms with Crippen LogP contribution in [0.2, 0.25) is 0 Å². The largest absolute Gasteiger partial charge is 0.309 e. The molecule has 2 rings (SSSR count). The van der Waals surface area contributed by atoms with Crippen molar-refractivity contribution in [3.8, 4) is 0 Å². The molecule has 2 aromatic rings. The fraction of sp³-hybridized carbons (Fsp3) is 0.294. The van der Waals surface area contributed by atoms with Crippen LogP contribution in [-0.4, -0.2) is 6.54 Å². The van der Waals surface area contributed by atoms with Crippen molar-refractivity contribution in [2.24, 2.45) is 5.73 Å². The van der Waals surface area contributed by atoms with Crippen LogP contribution in [0.1, 0.15) is 24.5 Å². The first-order valence-electron chi connectivity index (χ1n) is 6.88. The summed E-state index contributed by atoms with van der Waals surface area (Å²) in [5, 5.41) is 3.49. The van der Waals surface area contributed by atoms with Crippen LogP contribution < -0.4 is 11.1 Å². The third-order valence-corrected chi connectivity index (χ3v) is 3.31. The number of benzene rings is 2. The Labute approximate surface area is 115 Å². The zero-order valence-electron chi connectivity index (χ0n) is 11.5. The molecular formula is C17H22N2. The molecular weight excluding hydrogens is 232 g/mol. The van der Waals surface area contributed by atoms with Crippen molar-refractivity contribution in [3.63, 3.8) is 0 Å². The van der Waals surface area contributed by atoms with Gasteiger partial charge >= 0.3 is 0 Å².